The molecule has 6 nitrogen and oxygen atoms in total. The summed E-state index contributed by atoms with van der Waals surface area (Å²) in [6, 6.07) is 8.56. The van der Waals surface area contributed by atoms with E-state index in [-0.39, 0.29) is 12.5 Å². The summed E-state index contributed by atoms with van der Waals surface area (Å²) < 4.78 is 0. The molecule has 0 aliphatic carbocycles. The van der Waals surface area contributed by atoms with Gasteiger partial charge >= 0.3 is 0 Å². The van der Waals surface area contributed by atoms with Crippen molar-refractivity contribution in [3.8, 4) is 0 Å². The Morgan fingerprint density at radius 1 is 1.07 bits per heavy atom. The van der Waals surface area contributed by atoms with Crippen LogP contribution in [-0.2, 0) is 17.9 Å². The average Bonchev–Trinajstić information content (AvgIpc) is 2.93. The first-order valence-electron chi connectivity index (χ1n) is 10.1. The highest BCUT2D eigenvalue weighted by molar-refractivity contribution is 5.86. The van der Waals surface area contributed by atoms with Crippen molar-refractivity contribution in [2.45, 2.75) is 45.7 Å². The Morgan fingerprint density at radius 3 is 2.37 bits per heavy atom. The summed E-state index contributed by atoms with van der Waals surface area (Å²) in [4.78, 5) is 20.6. The normalized spacial score (nSPS) is 15.9. The highest BCUT2D eigenvalue weighted by Crippen LogP contribution is 2.16. The second-order valence-corrected chi connectivity index (χ2v) is 7.30. The van der Waals surface area contributed by atoms with Gasteiger partial charge in [-0.25, -0.2) is 4.99 Å². The first kappa shape index (κ1) is 21.2. The lowest BCUT2D eigenvalue weighted by Crippen LogP contribution is -2.42. The van der Waals surface area contributed by atoms with Crippen LogP contribution in [0.1, 0.15) is 43.7 Å². The van der Waals surface area contributed by atoms with E-state index in [1.807, 2.05) is 6.92 Å². The first-order valence-corrected chi connectivity index (χ1v) is 10.1. The Morgan fingerprint density at radius 2 is 1.74 bits per heavy atom. The molecule has 1 saturated heterocycles. The predicted molar refractivity (Wildman–Crippen MR) is 112 cm³/mol. The van der Waals surface area contributed by atoms with E-state index in [4.69, 9.17) is 4.99 Å². The minimum absolute atomic E-state index is 0.0298. The second-order valence-electron chi connectivity index (χ2n) is 7.30. The van der Waals surface area contributed by atoms with E-state index in [1.54, 1.807) is 19.0 Å². The Labute approximate surface area is 164 Å². The van der Waals surface area contributed by atoms with Gasteiger partial charge in [0.1, 0.15) is 0 Å². The number of carbonyl (C=O) groups excluding carboxylic acids is 1. The molecular weight excluding hydrogens is 338 g/mol. The molecular formula is C21H35N5O. The summed E-state index contributed by atoms with van der Waals surface area (Å²) in [7, 11) is 3.51. The van der Waals surface area contributed by atoms with Gasteiger partial charge in [0.05, 0.1) is 13.1 Å². The van der Waals surface area contributed by atoms with Crippen LogP contribution in [-0.4, -0.2) is 61.9 Å². The van der Waals surface area contributed by atoms with Crippen LogP contribution < -0.4 is 10.6 Å². The van der Waals surface area contributed by atoms with Gasteiger partial charge in [0.25, 0.3) is 0 Å². The standard InChI is InChI=1S/C21H35N5O/c1-4-22-21(24-16-20(27)25(2)3)23-15-18-11-7-8-12-19(18)17-26-13-9-5-6-10-14-26/h7-8,11-12H,4-6,9-10,13-17H2,1-3H3,(H2,22,23,24). The quantitative estimate of drug-likeness (QED) is 0.568. The zero-order chi connectivity index (χ0) is 19.5. The molecule has 27 heavy (non-hydrogen) atoms. The number of nitrogens with zero attached hydrogens (tertiary/aromatic N) is 3. The molecule has 1 aliphatic rings. The van der Waals surface area contributed by atoms with Crippen molar-refractivity contribution < 1.29 is 4.79 Å². The maximum absolute atomic E-state index is 11.8. The molecule has 0 aromatic heterocycles. The summed E-state index contributed by atoms with van der Waals surface area (Å²) in [5.41, 5.74) is 2.60. The highest BCUT2D eigenvalue weighted by Gasteiger charge is 2.12. The number of hydrogen-bond acceptors (Lipinski definition) is 3. The van der Waals surface area contributed by atoms with Crippen molar-refractivity contribution in [2.24, 2.45) is 4.99 Å². The smallest absolute Gasteiger partial charge is 0.241 e. The number of guanidine groups is 1. The SMILES string of the molecule is CCNC(=NCc1ccccc1CN1CCCCCC1)NCC(=O)N(C)C. The number of hydrogen-bond donors (Lipinski definition) is 2. The zero-order valence-electron chi connectivity index (χ0n) is 17.1. The van der Waals surface area contributed by atoms with Crippen LogP contribution in [0.4, 0.5) is 0 Å². The van der Waals surface area contributed by atoms with Crippen molar-refractivity contribution in [1.82, 2.24) is 20.4 Å². The van der Waals surface area contributed by atoms with Gasteiger partial charge in [-0.2, -0.15) is 0 Å². The summed E-state index contributed by atoms with van der Waals surface area (Å²) in [5.74, 6) is 0.708. The van der Waals surface area contributed by atoms with E-state index in [0.717, 1.165) is 13.1 Å². The lowest BCUT2D eigenvalue weighted by atomic mass is 10.1. The van der Waals surface area contributed by atoms with Gasteiger partial charge in [0, 0.05) is 27.2 Å². The molecule has 1 amide bonds. The van der Waals surface area contributed by atoms with Crippen LogP contribution in [0.25, 0.3) is 0 Å². The number of nitrogens with one attached hydrogen (secondary N) is 2. The van der Waals surface area contributed by atoms with E-state index in [1.165, 1.54) is 49.9 Å². The molecule has 1 aromatic rings. The Hall–Kier alpha value is -2.08. The first-order chi connectivity index (χ1) is 13.1. The van der Waals surface area contributed by atoms with E-state index < -0.39 is 0 Å². The molecule has 1 heterocycles. The third kappa shape index (κ3) is 7.59. The van der Waals surface area contributed by atoms with Gasteiger partial charge in [0.2, 0.25) is 5.91 Å². The topological polar surface area (TPSA) is 60.0 Å². The fourth-order valence-corrected chi connectivity index (χ4v) is 3.22. The maximum Gasteiger partial charge on any atom is 0.241 e. The molecule has 2 N–H and O–H groups in total. The van der Waals surface area contributed by atoms with Crippen LogP contribution in [0, 0.1) is 0 Å². The van der Waals surface area contributed by atoms with Crippen molar-refractivity contribution in [3.63, 3.8) is 0 Å². The van der Waals surface area contributed by atoms with Gasteiger partial charge < -0.3 is 15.5 Å². The predicted octanol–water partition coefficient (Wildman–Crippen LogP) is 2.21. The van der Waals surface area contributed by atoms with Gasteiger partial charge in [-0.05, 0) is 44.0 Å². The minimum Gasteiger partial charge on any atom is -0.357 e. The van der Waals surface area contributed by atoms with Gasteiger partial charge in [0.15, 0.2) is 5.96 Å². The maximum atomic E-state index is 11.8. The van der Waals surface area contributed by atoms with Crippen molar-refractivity contribution >= 4 is 11.9 Å². The van der Waals surface area contributed by atoms with E-state index in [2.05, 4.69) is 39.8 Å². The zero-order valence-corrected chi connectivity index (χ0v) is 17.1. The molecule has 2 rings (SSSR count). The molecule has 0 saturated carbocycles. The molecule has 1 aromatic carbocycles. The van der Waals surface area contributed by atoms with Crippen LogP contribution in [0.15, 0.2) is 29.3 Å². The lowest BCUT2D eigenvalue weighted by molar-refractivity contribution is -0.127. The van der Waals surface area contributed by atoms with Gasteiger partial charge in [-0.15, -0.1) is 0 Å². The fraction of sp³-hybridized carbons (Fsp3) is 0.619. The Bertz CT molecular complexity index is 606. The third-order valence-corrected chi connectivity index (χ3v) is 4.87. The molecule has 1 aliphatic heterocycles. The van der Waals surface area contributed by atoms with Gasteiger partial charge in [-0.1, -0.05) is 37.1 Å². The van der Waals surface area contributed by atoms with Crippen molar-refractivity contribution in [3.05, 3.63) is 35.4 Å². The molecule has 0 spiro atoms. The third-order valence-electron chi connectivity index (χ3n) is 4.87. The second kappa shape index (κ2) is 11.6. The Balaban J connectivity index is 2.01. The highest BCUT2D eigenvalue weighted by atomic mass is 16.2. The fourth-order valence-electron chi connectivity index (χ4n) is 3.22. The summed E-state index contributed by atoms with van der Waals surface area (Å²) in [6.07, 6.45) is 5.31. The van der Waals surface area contributed by atoms with Crippen LogP contribution in [0.3, 0.4) is 0 Å². The number of carbonyl (C=O) groups is 1. The number of amides is 1. The number of benzene rings is 1. The largest absolute Gasteiger partial charge is 0.357 e. The van der Waals surface area contributed by atoms with Crippen molar-refractivity contribution in [1.29, 1.82) is 0 Å². The van der Waals surface area contributed by atoms with Gasteiger partial charge in [-0.3, -0.25) is 9.69 Å². The molecule has 0 bridgehead atoms. The molecule has 0 unspecified atom stereocenters. The van der Waals surface area contributed by atoms with Crippen molar-refractivity contribution in [2.75, 3.05) is 40.3 Å². The monoisotopic (exact) mass is 373 g/mol. The number of likely N-dealkylation sites (N-methyl/N-ethyl adjacent to an activating group) is 1. The molecule has 6 heteroatoms. The number of rotatable bonds is 7. The number of likely N-dealkylation sites (tertiary alicyclic amines) is 1. The molecule has 150 valence electrons. The summed E-state index contributed by atoms with van der Waals surface area (Å²) >= 11 is 0. The molecule has 0 atom stereocenters. The van der Waals surface area contributed by atoms with E-state index >= 15 is 0 Å². The van der Waals surface area contributed by atoms with Crippen LogP contribution in [0.2, 0.25) is 0 Å². The number of aliphatic imine (C=N–C) groups is 1. The van der Waals surface area contributed by atoms with E-state index in [0.29, 0.717) is 12.5 Å². The van der Waals surface area contributed by atoms with Crippen LogP contribution >= 0.6 is 0 Å². The summed E-state index contributed by atoms with van der Waals surface area (Å²) in [5, 5.41) is 6.33. The molecule has 0 radical (unpaired) electrons. The summed E-state index contributed by atoms with van der Waals surface area (Å²) in [6.45, 7) is 7.01. The van der Waals surface area contributed by atoms with E-state index in [9.17, 15) is 4.79 Å². The van der Waals surface area contributed by atoms with Crippen LogP contribution in [0.5, 0.6) is 0 Å². The average molecular weight is 374 g/mol. The lowest BCUT2D eigenvalue weighted by Gasteiger charge is -2.21. The Kier molecular flexibility index (Phi) is 9.11. The minimum atomic E-state index is 0.0298. The molecule has 1 fully saturated rings.